The fourth-order valence-electron chi connectivity index (χ4n) is 3.82. The van der Waals surface area contributed by atoms with Gasteiger partial charge in [-0.3, -0.25) is 9.59 Å². The number of amides is 1. The van der Waals surface area contributed by atoms with Crippen molar-refractivity contribution in [1.82, 2.24) is 4.90 Å². The van der Waals surface area contributed by atoms with Crippen LogP contribution in [0.2, 0.25) is 0 Å². The summed E-state index contributed by atoms with van der Waals surface area (Å²) in [4.78, 5) is 27.1. The molecule has 0 bridgehead atoms. The quantitative estimate of drug-likeness (QED) is 0.501. The number of ketones is 1. The van der Waals surface area contributed by atoms with E-state index >= 15 is 0 Å². The Hall–Kier alpha value is -2.99. The Morgan fingerprint density at radius 1 is 1.11 bits per heavy atom. The van der Waals surface area contributed by atoms with Crippen molar-refractivity contribution in [2.45, 2.75) is 25.0 Å². The Morgan fingerprint density at radius 2 is 1.82 bits per heavy atom. The summed E-state index contributed by atoms with van der Waals surface area (Å²) in [5.41, 5.74) is 1.03. The van der Waals surface area contributed by atoms with E-state index in [0.717, 1.165) is 18.4 Å². The lowest BCUT2D eigenvalue weighted by Gasteiger charge is -2.27. The number of nitrogens with zero attached hydrogens (tertiary/aromatic N) is 1. The van der Waals surface area contributed by atoms with Crippen LogP contribution < -0.4 is 0 Å². The zero-order valence-electron chi connectivity index (χ0n) is 15.2. The topological polar surface area (TPSA) is 66.8 Å². The second kappa shape index (κ2) is 7.56. The molecule has 4 rings (SSSR count). The molecule has 0 spiro atoms. The van der Waals surface area contributed by atoms with E-state index in [2.05, 4.69) is 0 Å². The summed E-state index contributed by atoms with van der Waals surface area (Å²) in [7, 11) is 0. The maximum atomic E-state index is 13.3. The first-order valence-electron chi connectivity index (χ1n) is 9.27. The Balaban J connectivity index is 1.80. The summed E-state index contributed by atoms with van der Waals surface area (Å²) in [6.45, 7) is 0.921. The van der Waals surface area contributed by atoms with Crippen molar-refractivity contribution in [1.29, 1.82) is 0 Å². The molecule has 5 nitrogen and oxygen atoms in total. The summed E-state index contributed by atoms with van der Waals surface area (Å²) in [6, 6.07) is 13.6. The molecule has 1 amide bonds. The number of Topliss-reactive ketones (excluding diaryl/α,β-unsaturated/α-hetero) is 1. The third-order valence-corrected chi connectivity index (χ3v) is 5.20. The number of ether oxygens (including phenoxy) is 1. The molecule has 0 aromatic heterocycles. The van der Waals surface area contributed by atoms with Gasteiger partial charge in [0.2, 0.25) is 0 Å². The molecule has 0 saturated carbocycles. The fraction of sp³-hybridized carbons (Fsp3) is 0.273. The van der Waals surface area contributed by atoms with E-state index in [9.17, 15) is 19.1 Å². The van der Waals surface area contributed by atoms with Crippen LogP contribution in [0.5, 0.6) is 0 Å². The molecule has 144 valence electrons. The van der Waals surface area contributed by atoms with E-state index in [1.807, 2.05) is 30.3 Å². The van der Waals surface area contributed by atoms with Crippen molar-refractivity contribution in [2.24, 2.45) is 0 Å². The predicted molar refractivity (Wildman–Crippen MR) is 101 cm³/mol. The minimum atomic E-state index is -0.742. The number of carbonyl (C=O) groups is 2. The lowest BCUT2D eigenvalue weighted by Crippen LogP contribution is -2.36. The van der Waals surface area contributed by atoms with Crippen molar-refractivity contribution in [3.05, 3.63) is 77.1 Å². The van der Waals surface area contributed by atoms with Crippen LogP contribution in [-0.2, 0) is 14.3 Å². The Kier molecular flexibility index (Phi) is 4.96. The van der Waals surface area contributed by atoms with Crippen molar-refractivity contribution < 1.29 is 23.8 Å². The molecular weight excluding hydrogens is 361 g/mol. The Bertz CT molecular complexity index is 917. The van der Waals surface area contributed by atoms with Gasteiger partial charge in [-0.2, -0.15) is 0 Å². The van der Waals surface area contributed by atoms with Crippen molar-refractivity contribution >= 4 is 17.4 Å². The molecule has 2 aromatic carbocycles. The van der Waals surface area contributed by atoms with Gasteiger partial charge in [0.25, 0.3) is 11.7 Å². The molecule has 2 aromatic rings. The van der Waals surface area contributed by atoms with E-state index in [1.165, 1.54) is 29.2 Å². The monoisotopic (exact) mass is 381 g/mol. The smallest absolute Gasteiger partial charge is 0.295 e. The highest BCUT2D eigenvalue weighted by atomic mass is 19.1. The van der Waals surface area contributed by atoms with Crippen LogP contribution >= 0.6 is 0 Å². The van der Waals surface area contributed by atoms with E-state index in [0.29, 0.717) is 6.61 Å². The molecule has 2 fully saturated rings. The van der Waals surface area contributed by atoms with Gasteiger partial charge >= 0.3 is 0 Å². The van der Waals surface area contributed by atoms with Crippen LogP contribution in [0.4, 0.5) is 4.39 Å². The van der Waals surface area contributed by atoms with Gasteiger partial charge in [0.1, 0.15) is 11.6 Å². The van der Waals surface area contributed by atoms with Gasteiger partial charge < -0.3 is 14.7 Å². The van der Waals surface area contributed by atoms with E-state index in [1.54, 1.807) is 0 Å². The number of likely N-dealkylation sites (tertiary alicyclic amines) is 1. The highest BCUT2D eigenvalue weighted by Gasteiger charge is 2.46. The number of hydrogen-bond acceptors (Lipinski definition) is 4. The largest absolute Gasteiger partial charge is 0.507 e. The molecular formula is C22H20FNO4. The minimum Gasteiger partial charge on any atom is -0.507 e. The van der Waals surface area contributed by atoms with Gasteiger partial charge in [-0.25, -0.2) is 4.39 Å². The summed E-state index contributed by atoms with van der Waals surface area (Å²) in [5.74, 6) is -2.15. The first-order valence-corrected chi connectivity index (χ1v) is 9.27. The molecule has 2 atom stereocenters. The standard InChI is InChI=1S/C22H20FNO4/c23-16-10-8-15(9-11-16)20(25)18-19(14-5-2-1-3-6-14)24(22(27)21(18)26)13-17-7-4-12-28-17/h1-3,5-6,8-11,17,19,25H,4,7,12-13H2/b20-18-. The number of hydrogen-bond donors (Lipinski definition) is 1. The second-order valence-corrected chi connectivity index (χ2v) is 7.00. The summed E-state index contributed by atoms with van der Waals surface area (Å²) < 4.78 is 18.9. The zero-order chi connectivity index (χ0) is 19.7. The average molecular weight is 381 g/mol. The number of rotatable bonds is 4. The van der Waals surface area contributed by atoms with Crippen LogP contribution in [0.25, 0.3) is 5.76 Å². The molecule has 6 heteroatoms. The van der Waals surface area contributed by atoms with Gasteiger partial charge in [-0.1, -0.05) is 30.3 Å². The maximum absolute atomic E-state index is 13.3. The number of carbonyl (C=O) groups excluding carboxylic acids is 2. The van der Waals surface area contributed by atoms with E-state index in [4.69, 9.17) is 4.74 Å². The van der Waals surface area contributed by atoms with Crippen molar-refractivity contribution in [3.8, 4) is 0 Å². The Labute approximate surface area is 162 Å². The average Bonchev–Trinajstić information content (AvgIpc) is 3.31. The van der Waals surface area contributed by atoms with E-state index in [-0.39, 0.29) is 29.5 Å². The normalized spacial score (nSPS) is 24.1. The second-order valence-electron chi connectivity index (χ2n) is 7.00. The van der Waals surface area contributed by atoms with Gasteiger partial charge in [-0.05, 0) is 42.7 Å². The number of aliphatic hydroxyl groups excluding tert-OH is 1. The van der Waals surface area contributed by atoms with Crippen LogP contribution in [0, 0.1) is 5.82 Å². The zero-order valence-corrected chi connectivity index (χ0v) is 15.2. The molecule has 2 unspecified atom stereocenters. The molecule has 2 aliphatic heterocycles. The molecule has 2 heterocycles. The molecule has 2 aliphatic rings. The van der Waals surface area contributed by atoms with Gasteiger partial charge in [0.05, 0.1) is 17.7 Å². The predicted octanol–water partition coefficient (Wildman–Crippen LogP) is 3.43. The fourth-order valence-corrected chi connectivity index (χ4v) is 3.82. The third-order valence-electron chi connectivity index (χ3n) is 5.20. The Morgan fingerprint density at radius 3 is 2.46 bits per heavy atom. The molecule has 0 radical (unpaired) electrons. The van der Waals surface area contributed by atoms with Crippen LogP contribution in [0.1, 0.15) is 30.0 Å². The first kappa shape index (κ1) is 18.4. The minimum absolute atomic E-state index is 0.0146. The lowest BCUT2D eigenvalue weighted by molar-refractivity contribution is -0.140. The molecule has 28 heavy (non-hydrogen) atoms. The number of halogens is 1. The van der Waals surface area contributed by atoms with E-state index < -0.39 is 23.5 Å². The SMILES string of the molecule is O=C1C(=O)N(CC2CCCO2)C(c2ccccc2)/C1=C(/O)c1ccc(F)cc1. The van der Waals surface area contributed by atoms with Crippen molar-refractivity contribution in [3.63, 3.8) is 0 Å². The maximum Gasteiger partial charge on any atom is 0.295 e. The highest BCUT2D eigenvalue weighted by molar-refractivity contribution is 6.46. The molecule has 0 aliphatic carbocycles. The first-order chi connectivity index (χ1) is 13.6. The van der Waals surface area contributed by atoms with Gasteiger partial charge in [0.15, 0.2) is 0 Å². The van der Waals surface area contributed by atoms with Crippen LogP contribution in [-0.4, -0.2) is 41.0 Å². The highest BCUT2D eigenvalue weighted by Crippen LogP contribution is 2.39. The summed E-state index contributed by atoms with van der Waals surface area (Å²) >= 11 is 0. The van der Waals surface area contributed by atoms with Crippen LogP contribution in [0.3, 0.4) is 0 Å². The molecule has 1 N–H and O–H groups in total. The summed E-state index contributed by atoms with van der Waals surface area (Å²) in [6.07, 6.45) is 1.61. The van der Waals surface area contributed by atoms with Gasteiger partial charge in [-0.15, -0.1) is 0 Å². The summed E-state index contributed by atoms with van der Waals surface area (Å²) in [5, 5.41) is 10.8. The molecule has 2 saturated heterocycles. The number of aliphatic hydroxyl groups is 1. The lowest BCUT2D eigenvalue weighted by atomic mass is 9.95. The third kappa shape index (κ3) is 3.31. The van der Waals surface area contributed by atoms with Gasteiger partial charge in [0, 0.05) is 18.7 Å². The van der Waals surface area contributed by atoms with Crippen LogP contribution in [0.15, 0.2) is 60.2 Å². The van der Waals surface area contributed by atoms with Crippen molar-refractivity contribution in [2.75, 3.05) is 13.2 Å². The number of benzene rings is 2.